The van der Waals surface area contributed by atoms with Gasteiger partial charge in [-0.15, -0.1) is 0 Å². The SMILES string of the molecule is COc1ccc(F)cc1C[NH+]1CCN(C(=O)Cn2cnc3ccccc3c2=O)CC1. The van der Waals surface area contributed by atoms with Gasteiger partial charge in [0.2, 0.25) is 5.91 Å². The van der Waals surface area contributed by atoms with Crippen LogP contribution in [-0.2, 0) is 17.9 Å². The van der Waals surface area contributed by atoms with Crippen LogP contribution in [-0.4, -0.2) is 53.6 Å². The van der Waals surface area contributed by atoms with E-state index in [1.165, 1.54) is 27.9 Å². The molecule has 1 amide bonds. The number of aromatic nitrogens is 2. The van der Waals surface area contributed by atoms with E-state index in [0.717, 1.165) is 18.7 Å². The highest BCUT2D eigenvalue weighted by Crippen LogP contribution is 2.18. The van der Waals surface area contributed by atoms with E-state index >= 15 is 0 Å². The lowest BCUT2D eigenvalue weighted by atomic mass is 10.1. The number of methoxy groups -OCH3 is 1. The average molecular weight is 411 g/mol. The van der Waals surface area contributed by atoms with Gasteiger partial charge in [-0.25, -0.2) is 9.37 Å². The van der Waals surface area contributed by atoms with E-state index in [9.17, 15) is 14.0 Å². The first kappa shape index (κ1) is 20.0. The van der Waals surface area contributed by atoms with E-state index < -0.39 is 0 Å². The van der Waals surface area contributed by atoms with Gasteiger partial charge in [0.05, 0.1) is 56.1 Å². The summed E-state index contributed by atoms with van der Waals surface area (Å²) in [5, 5.41) is 0.506. The fraction of sp³-hybridized carbons (Fsp3) is 0.318. The largest absolute Gasteiger partial charge is 0.496 e. The minimum Gasteiger partial charge on any atom is -0.496 e. The zero-order valence-electron chi connectivity index (χ0n) is 16.8. The molecular formula is C22H24FN4O3+. The number of ether oxygens (including phenoxy) is 1. The van der Waals surface area contributed by atoms with E-state index in [1.54, 1.807) is 36.3 Å². The molecule has 8 heteroatoms. The summed E-state index contributed by atoms with van der Waals surface area (Å²) in [4.78, 5) is 32.6. The molecule has 3 aromatic rings. The molecule has 0 aliphatic carbocycles. The maximum atomic E-state index is 13.6. The Hall–Kier alpha value is -3.26. The summed E-state index contributed by atoms with van der Waals surface area (Å²) in [7, 11) is 1.58. The number of carbonyl (C=O) groups excluding carboxylic acids is 1. The van der Waals surface area contributed by atoms with Crippen molar-refractivity contribution in [3.05, 3.63) is 70.5 Å². The molecule has 1 fully saturated rings. The number of fused-ring (bicyclic) bond motifs is 1. The summed E-state index contributed by atoms with van der Waals surface area (Å²) in [6, 6.07) is 11.6. The molecule has 0 atom stereocenters. The van der Waals surface area contributed by atoms with Crippen molar-refractivity contribution in [2.24, 2.45) is 0 Å². The number of halogens is 1. The summed E-state index contributed by atoms with van der Waals surface area (Å²) in [6.07, 6.45) is 1.43. The summed E-state index contributed by atoms with van der Waals surface area (Å²) in [6.45, 7) is 3.27. The summed E-state index contributed by atoms with van der Waals surface area (Å²) < 4.78 is 20.3. The molecule has 2 heterocycles. The van der Waals surface area contributed by atoms with Crippen molar-refractivity contribution in [3.63, 3.8) is 0 Å². The van der Waals surface area contributed by atoms with Crippen LogP contribution < -0.4 is 15.2 Å². The lowest BCUT2D eigenvalue weighted by Crippen LogP contribution is -3.13. The molecule has 1 aromatic heterocycles. The number of quaternary nitrogens is 1. The maximum Gasteiger partial charge on any atom is 0.261 e. The van der Waals surface area contributed by atoms with Crippen LogP contribution in [0, 0.1) is 5.82 Å². The van der Waals surface area contributed by atoms with Gasteiger partial charge in [0.25, 0.3) is 5.56 Å². The molecule has 0 unspecified atom stereocenters. The molecule has 0 bridgehead atoms. The van der Waals surface area contributed by atoms with Gasteiger partial charge in [0.15, 0.2) is 0 Å². The topological polar surface area (TPSA) is 68.9 Å². The fourth-order valence-corrected chi connectivity index (χ4v) is 3.87. The standard InChI is InChI=1S/C22H23FN4O3/c1-30-20-7-6-17(23)12-16(20)13-25-8-10-26(11-9-25)21(28)14-27-15-24-19-5-3-2-4-18(19)22(27)29/h2-7,12,15H,8-11,13-14H2,1H3/p+1. The maximum absolute atomic E-state index is 13.6. The highest BCUT2D eigenvalue weighted by molar-refractivity contribution is 5.79. The Kier molecular flexibility index (Phi) is 5.76. The first-order valence-corrected chi connectivity index (χ1v) is 9.93. The predicted octanol–water partition coefficient (Wildman–Crippen LogP) is 0.472. The van der Waals surface area contributed by atoms with Crippen LogP contribution in [0.3, 0.4) is 0 Å². The first-order valence-electron chi connectivity index (χ1n) is 9.93. The van der Waals surface area contributed by atoms with E-state index in [-0.39, 0.29) is 23.8 Å². The van der Waals surface area contributed by atoms with Crippen LogP contribution in [0.5, 0.6) is 5.75 Å². The van der Waals surface area contributed by atoms with Gasteiger partial charge in [0.1, 0.15) is 24.7 Å². The van der Waals surface area contributed by atoms with E-state index in [1.807, 2.05) is 6.07 Å². The molecular weight excluding hydrogens is 387 g/mol. The number of piperazine rings is 1. The Morgan fingerprint density at radius 1 is 1.20 bits per heavy atom. The summed E-state index contributed by atoms with van der Waals surface area (Å²) >= 11 is 0. The van der Waals surface area contributed by atoms with E-state index in [4.69, 9.17) is 4.74 Å². The molecule has 1 saturated heterocycles. The normalized spacial score (nSPS) is 14.8. The van der Waals surface area contributed by atoms with E-state index in [2.05, 4.69) is 4.98 Å². The number of nitrogens with one attached hydrogen (secondary N) is 1. The molecule has 0 saturated carbocycles. The quantitative estimate of drug-likeness (QED) is 0.663. The highest BCUT2D eigenvalue weighted by Gasteiger charge is 2.25. The van der Waals surface area contributed by atoms with Crippen LogP contribution in [0.1, 0.15) is 5.56 Å². The molecule has 2 aromatic carbocycles. The number of amides is 1. The zero-order chi connectivity index (χ0) is 21.1. The van der Waals surface area contributed by atoms with Gasteiger partial charge >= 0.3 is 0 Å². The molecule has 4 rings (SSSR count). The average Bonchev–Trinajstić information content (AvgIpc) is 2.76. The van der Waals surface area contributed by atoms with Gasteiger partial charge in [-0.3, -0.25) is 14.2 Å². The number of benzene rings is 2. The third-order valence-corrected chi connectivity index (χ3v) is 5.54. The first-order chi connectivity index (χ1) is 14.5. The molecule has 0 spiro atoms. The number of rotatable bonds is 5. The minimum absolute atomic E-state index is 0.0241. The molecule has 0 radical (unpaired) electrons. The Labute approximate surface area is 173 Å². The smallest absolute Gasteiger partial charge is 0.261 e. The van der Waals surface area contributed by atoms with Crippen LogP contribution in [0.2, 0.25) is 0 Å². The van der Waals surface area contributed by atoms with Crippen molar-refractivity contribution in [1.29, 1.82) is 0 Å². The minimum atomic E-state index is -0.284. The van der Waals surface area contributed by atoms with Crippen LogP contribution in [0.4, 0.5) is 4.39 Å². The molecule has 1 aliphatic heterocycles. The van der Waals surface area contributed by atoms with Crippen molar-refractivity contribution in [2.45, 2.75) is 13.1 Å². The fourth-order valence-electron chi connectivity index (χ4n) is 3.87. The number of hydrogen-bond donors (Lipinski definition) is 1. The Balaban J connectivity index is 1.38. The second-order valence-electron chi connectivity index (χ2n) is 7.46. The van der Waals surface area contributed by atoms with Crippen LogP contribution in [0.25, 0.3) is 10.9 Å². The van der Waals surface area contributed by atoms with Crippen molar-refractivity contribution >= 4 is 16.8 Å². The highest BCUT2D eigenvalue weighted by atomic mass is 19.1. The van der Waals surface area contributed by atoms with Crippen molar-refractivity contribution in [2.75, 3.05) is 33.3 Å². The molecule has 1 N–H and O–H groups in total. The zero-order valence-corrected chi connectivity index (χ0v) is 16.8. The number of hydrogen-bond acceptors (Lipinski definition) is 4. The summed E-state index contributed by atoms with van der Waals surface area (Å²) in [5.41, 5.74) is 1.23. The number of carbonyl (C=O) groups is 1. The Morgan fingerprint density at radius 2 is 1.97 bits per heavy atom. The number of para-hydroxylation sites is 1. The van der Waals surface area contributed by atoms with Gasteiger partial charge < -0.3 is 14.5 Å². The Morgan fingerprint density at radius 3 is 2.73 bits per heavy atom. The van der Waals surface area contributed by atoms with E-state index in [0.29, 0.717) is 36.3 Å². The van der Waals surface area contributed by atoms with Crippen LogP contribution in [0.15, 0.2) is 53.6 Å². The van der Waals surface area contributed by atoms with Crippen molar-refractivity contribution in [1.82, 2.24) is 14.5 Å². The lowest BCUT2D eigenvalue weighted by molar-refractivity contribution is -0.917. The molecule has 1 aliphatic rings. The number of nitrogens with zero attached hydrogens (tertiary/aromatic N) is 3. The van der Waals surface area contributed by atoms with Gasteiger partial charge in [-0.1, -0.05) is 12.1 Å². The van der Waals surface area contributed by atoms with Gasteiger partial charge in [-0.05, 0) is 30.3 Å². The molecule has 156 valence electrons. The predicted molar refractivity (Wildman–Crippen MR) is 110 cm³/mol. The second kappa shape index (κ2) is 8.62. The summed E-state index contributed by atoms with van der Waals surface area (Å²) in [5.74, 6) is 0.288. The third-order valence-electron chi connectivity index (χ3n) is 5.54. The second-order valence-corrected chi connectivity index (χ2v) is 7.46. The van der Waals surface area contributed by atoms with Gasteiger partial charge in [-0.2, -0.15) is 0 Å². The van der Waals surface area contributed by atoms with Crippen molar-refractivity contribution < 1.29 is 18.8 Å². The Bertz CT molecular complexity index is 1120. The lowest BCUT2D eigenvalue weighted by Gasteiger charge is -2.32. The van der Waals surface area contributed by atoms with Crippen LogP contribution >= 0.6 is 0 Å². The molecule has 7 nitrogen and oxygen atoms in total. The van der Waals surface area contributed by atoms with Gasteiger partial charge in [0, 0.05) is 0 Å². The van der Waals surface area contributed by atoms with Crippen molar-refractivity contribution in [3.8, 4) is 5.75 Å². The molecule has 30 heavy (non-hydrogen) atoms. The monoisotopic (exact) mass is 411 g/mol. The third kappa shape index (κ3) is 4.18.